The Kier molecular flexibility index (Phi) is 10.4. The molecule has 2 fully saturated rings. The molecule has 168 valence electrons. The van der Waals surface area contributed by atoms with Crippen molar-refractivity contribution in [1.82, 2.24) is 15.5 Å². The second-order valence-electron chi connectivity index (χ2n) is 7.84. The first-order chi connectivity index (χ1) is 14.8. The number of benzene rings is 1. The number of guanidine groups is 1. The molecule has 7 nitrogen and oxygen atoms in total. The van der Waals surface area contributed by atoms with Gasteiger partial charge >= 0.3 is 0 Å². The van der Waals surface area contributed by atoms with Gasteiger partial charge in [-0.05, 0) is 37.3 Å². The Balaban J connectivity index is 1.42. The fourth-order valence-corrected chi connectivity index (χ4v) is 3.74. The first-order valence-electron chi connectivity index (χ1n) is 11.4. The Morgan fingerprint density at radius 3 is 2.77 bits per heavy atom. The van der Waals surface area contributed by atoms with Crippen LogP contribution in [0.4, 0.5) is 0 Å². The lowest BCUT2D eigenvalue weighted by Gasteiger charge is -2.27. The number of hydrogen-bond donors (Lipinski definition) is 2. The van der Waals surface area contributed by atoms with E-state index in [2.05, 4.69) is 46.7 Å². The van der Waals surface area contributed by atoms with Gasteiger partial charge in [-0.15, -0.1) is 0 Å². The summed E-state index contributed by atoms with van der Waals surface area (Å²) in [5, 5.41) is 6.76. The lowest BCUT2D eigenvalue weighted by atomic mass is 10.1. The summed E-state index contributed by atoms with van der Waals surface area (Å²) in [5.41, 5.74) is 2.63. The van der Waals surface area contributed by atoms with E-state index in [0.717, 1.165) is 84.4 Å². The van der Waals surface area contributed by atoms with Crippen molar-refractivity contribution in [3.05, 3.63) is 35.4 Å². The second kappa shape index (κ2) is 13.6. The van der Waals surface area contributed by atoms with E-state index in [9.17, 15) is 0 Å². The summed E-state index contributed by atoms with van der Waals surface area (Å²) in [7, 11) is 0. The molecule has 0 amide bonds. The van der Waals surface area contributed by atoms with Gasteiger partial charge in [0.25, 0.3) is 0 Å². The average molecular weight is 419 g/mol. The Hall–Kier alpha value is -1.67. The molecule has 3 rings (SSSR count). The summed E-state index contributed by atoms with van der Waals surface area (Å²) in [5.74, 6) is 0.859. The van der Waals surface area contributed by atoms with E-state index in [0.29, 0.717) is 19.3 Å². The molecule has 7 heteroatoms. The molecule has 0 spiro atoms. The highest BCUT2D eigenvalue weighted by molar-refractivity contribution is 5.79. The lowest BCUT2D eigenvalue weighted by Crippen LogP contribution is -2.38. The molecule has 0 aromatic heterocycles. The van der Waals surface area contributed by atoms with Gasteiger partial charge in [-0.2, -0.15) is 0 Å². The van der Waals surface area contributed by atoms with E-state index in [4.69, 9.17) is 19.2 Å². The molecular formula is C23H38N4O3. The predicted molar refractivity (Wildman–Crippen MR) is 120 cm³/mol. The van der Waals surface area contributed by atoms with E-state index in [-0.39, 0.29) is 0 Å². The van der Waals surface area contributed by atoms with Crippen LogP contribution in [0.3, 0.4) is 0 Å². The highest BCUT2D eigenvalue weighted by Crippen LogP contribution is 2.14. The van der Waals surface area contributed by atoms with Gasteiger partial charge in [0, 0.05) is 45.9 Å². The van der Waals surface area contributed by atoms with Gasteiger partial charge in [0.1, 0.15) is 0 Å². The molecule has 2 aliphatic rings. The molecule has 0 saturated carbocycles. The Bertz CT molecular complexity index is 629. The second-order valence-corrected chi connectivity index (χ2v) is 7.84. The summed E-state index contributed by atoms with van der Waals surface area (Å²) in [4.78, 5) is 7.26. The fraction of sp³-hybridized carbons (Fsp3) is 0.696. The summed E-state index contributed by atoms with van der Waals surface area (Å²) in [6.07, 6.45) is 3.54. The Morgan fingerprint density at radius 2 is 2.00 bits per heavy atom. The van der Waals surface area contributed by atoms with E-state index in [1.807, 2.05) is 0 Å². The Labute approximate surface area is 181 Å². The van der Waals surface area contributed by atoms with E-state index in [1.54, 1.807) is 0 Å². The number of nitrogens with zero attached hydrogens (tertiary/aromatic N) is 2. The minimum absolute atomic E-state index is 0.300. The molecule has 30 heavy (non-hydrogen) atoms. The van der Waals surface area contributed by atoms with Crippen LogP contribution < -0.4 is 10.6 Å². The predicted octanol–water partition coefficient (Wildman–Crippen LogP) is 2.16. The average Bonchev–Trinajstić information content (AvgIpc) is 3.29. The summed E-state index contributed by atoms with van der Waals surface area (Å²) in [6.45, 7) is 11.4. The number of nitrogens with one attached hydrogen (secondary N) is 2. The number of ether oxygens (including phenoxy) is 3. The highest BCUT2D eigenvalue weighted by Gasteiger charge is 2.15. The molecule has 2 N–H and O–H groups in total. The molecule has 0 aliphatic carbocycles. The van der Waals surface area contributed by atoms with Crippen molar-refractivity contribution in [3.8, 4) is 0 Å². The summed E-state index contributed by atoms with van der Waals surface area (Å²) >= 11 is 0. The van der Waals surface area contributed by atoms with Gasteiger partial charge in [0.05, 0.1) is 32.5 Å². The quantitative estimate of drug-likeness (QED) is 0.326. The number of hydrogen-bond acceptors (Lipinski definition) is 5. The SMILES string of the molecule is CCNC(=NCc1ccccc1CN1CCOCC1)NCCCOCC1CCCO1. The standard InChI is InChI=1S/C23H38N4O3/c1-2-24-23(25-10-6-13-29-19-22-9-5-14-30-22)26-17-20-7-3-4-8-21(20)18-27-11-15-28-16-12-27/h3-4,7-8,22H,2,5-6,9-19H2,1H3,(H2,24,25,26). The van der Waals surface area contributed by atoms with Crippen molar-refractivity contribution < 1.29 is 14.2 Å². The molecule has 2 aliphatic heterocycles. The van der Waals surface area contributed by atoms with Gasteiger partial charge in [0.2, 0.25) is 0 Å². The lowest BCUT2D eigenvalue weighted by molar-refractivity contribution is 0.0168. The smallest absolute Gasteiger partial charge is 0.191 e. The topological polar surface area (TPSA) is 67.4 Å². The van der Waals surface area contributed by atoms with Gasteiger partial charge in [-0.25, -0.2) is 4.99 Å². The zero-order valence-electron chi connectivity index (χ0n) is 18.4. The maximum absolute atomic E-state index is 5.74. The van der Waals surface area contributed by atoms with Crippen LogP contribution in [0.25, 0.3) is 0 Å². The largest absolute Gasteiger partial charge is 0.379 e. The van der Waals surface area contributed by atoms with Crippen LogP contribution in [0.1, 0.15) is 37.3 Å². The van der Waals surface area contributed by atoms with Crippen LogP contribution in [0.2, 0.25) is 0 Å². The van der Waals surface area contributed by atoms with Crippen LogP contribution in [-0.4, -0.2) is 76.2 Å². The number of rotatable bonds is 11. The van der Waals surface area contributed by atoms with E-state index < -0.39 is 0 Å². The molecular weight excluding hydrogens is 380 g/mol. The fourth-order valence-electron chi connectivity index (χ4n) is 3.74. The van der Waals surface area contributed by atoms with E-state index in [1.165, 1.54) is 11.1 Å². The van der Waals surface area contributed by atoms with Crippen LogP contribution in [0.5, 0.6) is 0 Å². The summed E-state index contributed by atoms with van der Waals surface area (Å²) < 4.78 is 16.8. The number of aliphatic imine (C=N–C) groups is 1. The molecule has 1 aromatic carbocycles. The molecule has 0 bridgehead atoms. The van der Waals surface area contributed by atoms with Gasteiger partial charge < -0.3 is 24.8 Å². The van der Waals surface area contributed by atoms with Gasteiger partial charge in [-0.3, -0.25) is 4.90 Å². The van der Waals surface area contributed by atoms with Crippen molar-refractivity contribution in [3.63, 3.8) is 0 Å². The van der Waals surface area contributed by atoms with Gasteiger partial charge in [-0.1, -0.05) is 24.3 Å². The molecule has 1 unspecified atom stereocenters. The third-order valence-corrected chi connectivity index (χ3v) is 5.45. The van der Waals surface area contributed by atoms with Crippen molar-refractivity contribution in [1.29, 1.82) is 0 Å². The van der Waals surface area contributed by atoms with Crippen molar-refractivity contribution in [2.75, 3.05) is 59.2 Å². The monoisotopic (exact) mass is 418 g/mol. The Morgan fingerprint density at radius 1 is 1.17 bits per heavy atom. The van der Waals surface area contributed by atoms with Gasteiger partial charge in [0.15, 0.2) is 5.96 Å². The molecule has 1 aromatic rings. The van der Waals surface area contributed by atoms with Crippen molar-refractivity contribution in [2.24, 2.45) is 4.99 Å². The van der Waals surface area contributed by atoms with Crippen LogP contribution in [0.15, 0.2) is 29.3 Å². The van der Waals surface area contributed by atoms with Crippen molar-refractivity contribution in [2.45, 2.75) is 45.4 Å². The van der Waals surface area contributed by atoms with Crippen LogP contribution in [0, 0.1) is 0 Å². The first kappa shape index (κ1) is 23.0. The first-order valence-corrected chi connectivity index (χ1v) is 11.4. The van der Waals surface area contributed by atoms with Crippen LogP contribution in [-0.2, 0) is 27.3 Å². The molecule has 2 saturated heterocycles. The minimum Gasteiger partial charge on any atom is -0.379 e. The number of morpholine rings is 1. The van der Waals surface area contributed by atoms with Crippen molar-refractivity contribution >= 4 is 5.96 Å². The minimum atomic E-state index is 0.300. The maximum Gasteiger partial charge on any atom is 0.191 e. The summed E-state index contributed by atoms with van der Waals surface area (Å²) in [6, 6.07) is 8.61. The van der Waals surface area contributed by atoms with E-state index >= 15 is 0 Å². The third-order valence-electron chi connectivity index (χ3n) is 5.45. The zero-order valence-corrected chi connectivity index (χ0v) is 18.4. The third kappa shape index (κ3) is 8.22. The normalized spacial score (nSPS) is 20.4. The van der Waals surface area contributed by atoms with Crippen LogP contribution >= 0.6 is 0 Å². The molecule has 0 radical (unpaired) electrons. The zero-order chi connectivity index (χ0) is 20.9. The highest BCUT2D eigenvalue weighted by atomic mass is 16.5. The molecule has 2 heterocycles. The molecule has 1 atom stereocenters. The maximum atomic E-state index is 5.74.